The van der Waals surface area contributed by atoms with Crippen LogP contribution >= 0.6 is 34.8 Å². The number of benzene rings is 3. The van der Waals surface area contributed by atoms with Crippen molar-refractivity contribution in [3.05, 3.63) is 105 Å². The Hall–Kier alpha value is -3.45. The molecule has 0 atom stereocenters. The SMILES string of the molecule is O=C(Nc1ccc(Cl)cc1)c1c(-c2ccc(Cl)cc2)c2c3n(c(CNc4ccc(Cl)cc4)nn13)CCCC2. The average Bonchev–Trinajstić information content (AvgIpc) is 3.32. The van der Waals surface area contributed by atoms with E-state index in [1.807, 2.05) is 53.0 Å². The highest BCUT2D eigenvalue weighted by Crippen LogP contribution is 2.37. The van der Waals surface area contributed by atoms with E-state index in [2.05, 4.69) is 15.2 Å². The zero-order chi connectivity index (χ0) is 26.2. The Balaban J connectivity index is 1.48. The highest BCUT2D eigenvalue weighted by Gasteiger charge is 2.30. The number of aromatic nitrogens is 3. The first-order chi connectivity index (χ1) is 18.5. The number of nitrogens with one attached hydrogen (secondary N) is 2. The van der Waals surface area contributed by atoms with Gasteiger partial charge < -0.3 is 15.2 Å². The summed E-state index contributed by atoms with van der Waals surface area (Å²) >= 11 is 18.3. The van der Waals surface area contributed by atoms with E-state index >= 15 is 0 Å². The molecule has 2 N–H and O–H groups in total. The number of amides is 1. The van der Waals surface area contributed by atoms with Crippen molar-refractivity contribution in [2.24, 2.45) is 0 Å². The van der Waals surface area contributed by atoms with Gasteiger partial charge in [0.15, 0.2) is 5.82 Å². The first-order valence-electron chi connectivity index (χ1n) is 12.4. The Morgan fingerprint density at radius 3 is 2.08 bits per heavy atom. The minimum atomic E-state index is -0.235. The fourth-order valence-corrected chi connectivity index (χ4v) is 5.42. The number of carbonyl (C=O) groups is 1. The second kappa shape index (κ2) is 10.4. The first kappa shape index (κ1) is 24.9. The molecular formula is C29H24Cl3N5O. The minimum Gasteiger partial charge on any atom is -0.378 e. The topological polar surface area (TPSA) is 63.4 Å². The van der Waals surface area contributed by atoms with Crippen LogP contribution in [0.25, 0.3) is 16.8 Å². The summed E-state index contributed by atoms with van der Waals surface area (Å²) in [6.45, 7) is 1.34. The molecule has 9 heteroatoms. The van der Waals surface area contributed by atoms with Crippen molar-refractivity contribution in [2.75, 3.05) is 10.6 Å². The number of carbonyl (C=O) groups excluding carboxylic acids is 1. The van der Waals surface area contributed by atoms with Crippen LogP contribution in [0, 0.1) is 0 Å². The third kappa shape index (κ3) is 4.75. The molecular weight excluding hydrogens is 541 g/mol. The van der Waals surface area contributed by atoms with E-state index in [0.29, 0.717) is 33.0 Å². The van der Waals surface area contributed by atoms with Crippen LogP contribution in [0.4, 0.5) is 11.4 Å². The number of nitrogens with zero attached hydrogens (tertiary/aromatic N) is 3. The third-order valence-electron chi connectivity index (χ3n) is 6.81. The van der Waals surface area contributed by atoms with Crippen LogP contribution in [0.1, 0.15) is 34.7 Å². The molecule has 0 aliphatic carbocycles. The zero-order valence-electron chi connectivity index (χ0n) is 20.3. The van der Waals surface area contributed by atoms with Gasteiger partial charge in [-0.25, -0.2) is 4.52 Å². The van der Waals surface area contributed by atoms with E-state index < -0.39 is 0 Å². The van der Waals surface area contributed by atoms with Gasteiger partial charge in [0, 0.05) is 44.1 Å². The van der Waals surface area contributed by atoms with Gasteiger partial charge in [-0.1, -0.05) is 46.9 Å². The van der Waals surface area contributed by atoms with E-state index in [1.54, 1.807) is 24.3 Å². The molecule has 6 nitrogen and oxygen atoms in total. The van der Waals surface area contributed by atoms with Gasteiger partial charge in [0.1, 0.15) is 11.3 Å². The van der Waals surface area contributed by atoms with Crippen molar-refractivity contribution < 1.29 is 4.79 Å². The van der Waals surface area contributed by atoms with E-state index in [0.717, 1.165) is 59.7 Å². The maximum absolute atomic E-state index is 13.9. The van der Waals surface area contributed by atoms with Gasteiger partial charge >= 0.3 is 0 Å². The summed E-state index contributed by atoms with van der Waals surface area (Å²) in [4.78, 5) is 13.9. The molecule has 0 bridgehead atoms. The largest absolute Gasteiger partial charge is 0.378 e. The van der Waals surface area contributed by atoms with Crippen LogP contribution in [-0.2, 0) is 19.5 Å². The summed E-state index contributed by atoms with van der Waals surface area (Å²) in [6, 6.07) is 22.3. The lowest BCUT2D eigenvalue weighted by Gasteiger charge is -2.10. The number of hydrogen-bond donors (Lipinski definition) is 2. The summed E-state index contributed by atoms with van der Waals surface area (Å²) in [5.41, 5.74) is 6.02. The molecule has 1 amide bonds. The molecule has 0 spiro atoms. The fraction of sp³-hybridized carbons (Fsp3) is 0.172. The van der Waals surface area contributed by atoms with Gasteiger partial charge in [-0.3, -0.25) is 4.79 Å². The van der Waals surface area contributed by atoms with Gasteiger partial charge in [0.2, 0.25) is 0 Å². The van der Waals surface area contributed by atoms with Crippen molar-refractivity contribution in [1.82, 2.24) is 14.2 Å². The maximum atomic E-state index is 13.9. The van der Waals surface area contributed by atoms with E-state index in [1.165, 1.54) is 0 Å². The van der Waals surface area contributed by atoms with Crippen molar-refractivity contribution in [2.45, 2.75) is 32.4 Å². The van der Waals surface area contributed by atoms with Crippen LogP contribution < -0.4 is 10.6 Å². The van der Waals surface area contributed by atoms with Crippen molar-refractivity contribution in [1.29, 1.82) is 0 Å². The molecule has 2 aromatic heterocycles. The summed E-state index contributed by atoms with van der Waals surface area (Å²) in [6.07, 6.45) is 2.90. The second-order valence-electron chi connectivity index (χ2n) is 9.29. The van der Waals surface area contributed by atoms with Crippen LogP contribution in [0.5, 0.6) is 0 Å². The number of aryl methyl sites for hydroxylation is 2. The summed E-state index contributed by atoms with van der Waals surface area (Å²) in [7, 11) is 0. The number of rotatable bonds is 6. The highest BCUT2D eigenvalue weighted by molar-refractivity contribution is 6.31. The summed E-state index contributed by atoms with van der Waals surface area (Å²) in [5, 5.41) is 13.4. The zero-order valence-corrected chi connectivity index (χ0v) is 22.6. The molecule has 3 aromatic carbocycles. The van der Waals surface area contributed by atoms with Crippen molar-refractivity contribution in [3.8, 4) is 11.1 Å². The van der Waals surface area contributed by atoms with Crippen LogP contribution in [-0.4, -0.2) is 20.1 Å². The minimum absolute atomic E-state index is 0.235. The Bertz CT molecular complexity index is 1620. The van der Waals surface area contributed by atoms with Gasteiger partial charge in [-0.2, -0.15) is 5.10 Å². The molecule has 5 aromatic rings. The second-order valence-corrected chi connectivity index (χ2v) is 10.6. The summed E-state index contributed by atoms with van der Waals surface area (Å²) in [5.74, 6) is 0.627. The quantitative estimate of drug-likeness (QED) is 0.220. The summed E-state index contributed by atoms with van der Waals surface area (Å²) < 4.78 is 4.05. The van der Waals surface area contributed by atoms with Crippen LogP contribution in [0.15, 0.2) is 72.8 Å². The number of halogens is 3. The predicted octanol–water partition coefficient (Wildman–Crippen LogP) is 7.96. The molecule has 38 heavy (non-hydrogen) atoms. The maximum Gasteiger partial charge on any atom is 0.275 e. The Morgan fingerprint density at radius 1 is 0.816 bits per heavy atom. The molecule has 3 heterocycles. The number of hydrogen-bond acceptors (Lipinski definition) is 3. The highest BCUT2D eigenvalue weighted by atomic mass is 35.5. The molecule has 0 saturated carbocycles. The van der Waals surface area contributed by atoms with Crippen molar-refractivity contribution in [3.63, 3.8) is 0 Å². The standard InChI is InChI=1S/C29H24Cl3N5O/c30-19-6-4-18(5-7-19)26-24-3-1-2-16-36-25(17-33-22-12-8-20(31)9-13-22)35-37(29(24)36)27(26)28(38)34-23-14-10-21(32)11-15-23/h4-15,33H,1-3,16-17H2,(H,34,38). The molecule has 1 aliphatic heterocycles. The van der Waals surface area contributed by atoms with Gasteiger partial charge in [0.05, 0.1) is 6.54 Å². The lowest BCUT2D eigenvalue weighted by molar-refractivity contribution is 0.102. The Labute approximate surface area is 235 Å². The van der Waals surface area contributed by atoms with E-state index in [9.17, 15) is 4.79 Å². The van der Waals surface area contributed by atoms with E-state index in [-0.39, 0.29) is 5.91 Å². The fourth-order valence-electron chi connectivity index (χ4n) is 5.04. The van der Waals surface area contributed by atoms with Gasteiger partial charge in [0.25, 0.3) is 5.91 Å². The predicted molar refractivity (Wildman–Crippen MR) is 155 cm³/mol. The first-order valence-corrected chi connectivity index (χ1v) is 13.6. The molecule has 1 aliphatic rings. The van der Waals surface area contributed by atoms with Crippen molar-refractivity contribution >= 4 is 57.7 Å². The molecule has 6 rings (SSSR count). The molecule has 0 saturated heterocycles. The smallest absolute Gasteiger partial charge is 0.275 e. The average molecular weight is 565 g/mol. The van der Waals surface area contributed by atoms with Gasteiger partial charge in [-0.15, -0.1) is 0 Å². The van der Waals surface area contributed by atoms with Crippen LogP contribution in [0.3, 0.4) is 0 Å². The number of anilines is 2. The molecule has 0 unspecified atom stereocenters. The third-order valence-corrected chi connectivity index (χ3v) is 7.56. The monoisotopic (exact) mass is 563 g/mol. The van der Waals surface area contributed by atoms with E-state index in [4.69, 9.17) is 39.9 Å². The lowest BCUT2D eigenvalue weighted by atomic mass is 9.98. The lowest BCUT2D eigenvalue weighted by Crippen LogP contribution is -2.16. The van der Waals surface area contributed by atoms with Crippen LogP contribution in [0.2, 0.25) is 15.1 Å². The Kier molecular flexibility index (Phi) is 6.78. The normalized spacial score (nSPS) is 12.9. The molecule has 0 fully saturated rings. The molecule has 192 valence electrons. The Morgan fingerprint density at radius 2 is 1.42 bits per heavy atom. The van der Waals surface area contributed by atoms with Gasteiger partial charge in [-0.05, 0) is 85.5 Å². The molecule has 0 radical (unpaired) electrons.